The molecule has 0 N–H and O–H groups in total. The molecular formula is C12H13F3N2O2. The van der Waals surface area contributed by atoms with Crippen LogP contribution < -0.4 is 4.90 Å². The van der Waals surface area contributed by atoms with E-state index in [0.29, 0.717) is 19.2 Å². The number of nitrogens with zero attached hydrogens (tertiary/aromatic N) is 2. The number of benzene rings is 1. The maximum absolute atomic E-state index is 12.7. The molecule has 0 saturated carbocycles. The van der Waals surface area contributed by atoms with Crippen LogP contribution in [-0.2, 0) is 6.18 Å². The van der Waals surface area contributed by atoms with Gasteiger partial charge in [0.25, 0.3) is 5.69 Å². The lowest BCUT2D eigenvalue weighted by Crippen LogP contribution is -2.29. The van der Waals surface area contributed by atoms with Crippen molar-refractivity contribution in [2.75, 3.05) is 18.0 Å². The van der Waals surface area contributed by atoms with E-state index in [4.69, 9.17) is 0 Å². The maximum atomic E-state index is 12.7. The van der Waals surface area contributed by atoms with Gasteiger partial charge in [0.15, 0.2) is 0 Å². The Morgan fingerprint density at radius 3 is 2.26 bits per heavy atom. The largest absolute Gasteiger partial charge is 0.416 e. The molecule has 0 amide bonds. The van der Waals surface area contributed by atoms with Gasteiger partial charge in [0, 0.05) is 30.9 Å². The molecule has 1 saturated heterocycles. The zero-order chi connectivity index (χ0) is 14.0. The second kappa shape index (κ2) is 5.07. The summed E-state index contributed by atoms with van der Waals surface area (Å²) in [6.45, 7) is 1.27. The highest BCUT2D eigenvalue weighted by atomic mass is 19.4. The molecule has 0 radical (unpaired) electrons. The van der Waals surface area contributed by atoms with E-state index in [1.54, 1.807) is 4.90 Å². The van der Waals surface area contributed by atoms with Gasteiger partial charge in [-0.2, -0.15) is 13.2 Å². The van der Waals surface area contributed by atoms with Crippen LogP contribution in [0.1, 0.15) is 24.8 Å². The van der Waals surface area contributed by atoms with Crippen molar-refractivity contribution in [3.63, 3.8) is 0 Å². The molecule has 7 heteroatoms. The summed E-state index contributed by atoms with van der Waals surface area (Å²) in [5, 5.41) is 10.7. The monoisotopic (exact) mass is 274 g/mol. The van der Waals surface area contributed by atoms with Gasteiger partial charge in [0.2, 0.25) is 0 Å². The van der Waals surface area contributed by atoms with Crippen LogP contribution in [0.5, 0.6) is 0 Å². The zero-order valence-electron chi connectivity index (χ0n) is 10.1. The van der Waals surface area contributed by atoms with Crippen molar-refractivity contribution in [1.29, 1.82) is 0 Å². The topological polar surface area (TPSA) is 46.4 Å². The molecule has 104 valence electrons. The summed E-state index contributed by atoms with van der Waals surface area (Å²) < 4.78 is 38.2. The van der Waals surface area contributed by atoms with Crippen LogP contribution in [0.25, 0.3) is 0 Å². The van der Waals surface area contributed by atoms with Gasteiger partial charge >= 0.3 is 6.18 Å². The van der Waals surface area contributed by atoms with Gasteiger partial charge < -0.3 is 4.90 Å². The van der Waals surface area contributed by atoms with Crippen molar-refractivity contribution in [3.8, 4) is 0 Å². The molecular weight excluding hydrogens is 261 g/mol. The Bertz CT molecular complexity index is 482. The van der Waals surface area contributed by atoms with Crippen molar-refractivity contribution in [2.45, 2.75) is 25.4 Å². The van der Waals surface area contributed by atoms with Crippen LogP contribution in [0.4, 0.5) is 24.5 Å². The van der Waals surface area contributed by atoms with E-state index >= 15 is 0 Å². The minimum absolute atomic E-state index is 0.279. The summed E-state index contributed by atoms with van der Waals surface area (Å²) in [6, 6.07) is 2.77. The number of anilines is 1. The molecule has 0 aliphatic carbocycles. The standard InChI is InChI=1S/C12H13F3N2O2/c13-12(14,15)9-6-10(8-11(7-9)17(18)19)16-4-2-1-3-5-16/h6-8H,1-5H2. The van der Waals surface area contributed by atoms with Gasteiger partial charge in [-0.1, -0.05) is 0 Å². The van der Waals surface area contributed by atoms with Crippen molar-refractivity contribution < 1.29 is 18.1 Å². The van der Waals surface area contributed by atoms with E-state index in [1.165, 1.54) is 6.07 Å². The van der Waals surface area contributed by atoms with Crippen LogP contribution in [0.3, 0.4) is 0 Å². The van der Waals surface area contributed by atoms with E-state index < -0.39 is 22.4 Å². The van der Waals surface area contributed by atoms with E-state index in [9.17, 15) is 23.3 Å². The molecule has 0 unspecified atom stereocenters. The molecule has 0 spiro atoms. The molecule has 0 aromatic heterocycles. The summed E-state index contributed by atoms with van der Waals surface area (Å²) in [5.41, 5.74) is -1.21. The first-order chi connectivity index (χ1) is 8.88. The minimum Gasteiger partial charge on any atom is -0.371 e. The van der Waals surface area contributed by atoms with Crippen LogP contribution in [0.2, 0.25) is 0 Å². The summed E-state index contributed by atoms with van der Waals surface area (Å²) in [7, 11) is 0. The number of hydrogen-bond acceptors (Lipinski definition) is 3. The van der Waals surface area contributed by atoms with Crippen LogP contribution in [0.15, 0.2) is 18.2 Å². The second-order valence-corrected chi connectivity index (χ2v) is 4.54. The van der Waals surface area contributed by atoms with Crippen molar-refractivity contribution >= 4 is 11.4 Å². The Balaban J connectivity index is 2.41. The Morgan fingerprint density at radius 1 is 1.11 bits per heavy atom. The number of rotatable bonds is 2. The van der Waals surface area contributed by atoms with E-state index in [-0.39, 0.29) is 5.69 Å². The minimum atomic E-state index is -4.57. The van der Waals surface area contributed by atoms with Gasteiger partial charge in [0.05, 0.1) is 10.5 Å². The third kappa shape index (κ3) is 3.15. The molecule has 1 aromatic rings. The number of nitro benzene ring substituents is 1. The quantitative estimate of drug-likeness (QED) is 0.611. The number of non-ortho nitro benzene ring substituents is 1. The number of nitro groups is 1. The molecule has 1 heterocycles. The fraction of sp³-hybridized carbons (Fsp3) is 0.500. The van der Waals surface area contributed by atoms with Crippen LogP contribution >= 0.6 is 0 Å². The molecule has 19 heavy (non-hydrogen) atoms. The second-order valence-electron chi connectivity index (χ2n) is 4.54. The van der Waals surface area contributed by atoms with Crippen molar-refractivity contribution in [2.24, 2.45) is 0 Å². The number of alkyl halides is 3. The lowest BCUT2D eigenvalue weighted by atomic mass is 10.1. The predicted molar refractivity (Wildman–Crippen MR) is 64.2 cm³/mol. The lowest BCUT2D eigenvalue weighted by molar-refractivity contribution is -0.385. The highest BCUT2D eigenvalue weighted by Gasteiger charge is 2.33. The van der Waals surface area contributed by atoms with Crippen molar-refractivity contribution in [1.82, 2.24) is 0 Å². The van der Waals surface area contributed by atoms with Crippen LogP contribution in [0, 0.1) is 10.1 Å². The lowest BCUT2D eigenvalue weighted by Gasteiger charge is -2.29. The van der Waals surface area contributed by atoms with Crippen LogP contribution in [-0.4, -0.2) is 18.0 Å². The zero-order valence-corrected chi connectivity index (χ0v) is 10.1. The smallest absolute Gasteiger partial charge is 0.371 e. The third-order valence-corrected chi connectivity index (χ3v) is 3.16. The number of halogens is 3. The van der Waals surface area contributed by atoms with Gasteiger partial charge in [-0.25, -0.2) is 0 Å². The molecule has 2 rings (SSSR count). The van der Waals surface area contributed by atoms with Gasteiger partial charge in [-0.3, -0.25) is 10.1 Å². The summed E-state index contributed by atoms with van der Waals surface area (Å²) >= 11 is 0. The molecule has 1 aliphatic rings. The molecule has 0 atom stereocenters. The SMILES string of the molecule is O=[N+]([O-])c1cc(N2CCCCC2)cc(C(F)(F)F)c1. The normalized spacial score (nSPS) is 16.5. The Labute approximate surface area is 108 Å². The highest BCUT2D eigenvalue weighted by Crippen LogP contribution is 2.35. The summed E-state index contributed by atoms with van der Waals surface area (Å²) in [4.78, 5) is 11.7. The first-order valence-corrected chi connectivity index (χ1v) is 5.99. The van der Waals surface area contributed by atoms with E-state index in [0.717, 1.165) is 25.3 Å². The molecule has 4 nitrogen and oxygen atoms in total. The molecule has 1 aromatic carbocycles. The summed E-state index contributed by atoms with van der Waals surface area (Å²) in [5.74, 6) is 0. The maximum Gasteiger partial charge on any atom is 0.416 e. The fourth-order valence-electron chi connectivity index (χ4n) is 2.20. The average Bonchev–Trinajstić information content (AvgIpc) is 2.38. The third-order valence-electron chi connectivity index (χ3n) is 3.16. The van der Waals surface area contributed by atoms with E-state index in [2.05, 4.69) is 0 Å². The summed E-state index contributed by atoms with van der Waals surface area (Å²) in [6.07, 6.45) is -1.75. The Morgan fingerprint density at radius 2 is 1.74 bits per heavy atom. The molecule has 0 bridgehead atoms. The number of hydrogen-bond donors (Lipinski definition) is 0. The fourth-order valence-corrected chi connectivity index (χ4v) is 2.20. The highest BCUT2D eigenvalue weighted by molar-refractivity contribution is 5.56. The first kappa shape index (κ1) is 13.6. The molecule has 1 fully saturated rings. The predicted octanol–water partition coefficient (Wildman–Crippen LogP) is 3.60. The van der Waals surface area contributed by atoms with E-state index in [1.807, 2.05) is 0 Å². The Hall–Kier alpha value is -1.79. The number of piperidine rings is 1. The Kier molecular flexibility index (Phi) is 3.64. The molecule has 1 aliphatic heterocycles. The van der Waals surface area contributed by atoms with Crippen molar-refractivity contribution in [3.05, 3.63) is 33.9 Å². The average molecular weight is 274 g/mol. The van der Waals surface area contributed by atoms with Gasteiger partial charge in [0.1, 0.15) is 0 Å². The van der Waals surface area contributed by atoms with Gasteiger partial charge in [-0.05, 0) is 25.3 Å². The first-order valence-electron chi connectivity index (χ1n) is 5.99. The van der Waals surface area contributed by atoms with Gasteiger partial charge in [-0.15, -0.1) is 0 Å².